The molecule has 0 spiro atoms. The van der Waals surface area contributed by atoms with Gasteiger partial charge in [0.2, 0.25) is 0 Å². The molecular formula is C22H35NO3. The lowest BCUT2D eigenvalue weighted by Crippen LogP contribution is -2.48. The Balaban J connectivity index is 2.19. The molecule has 1 saturated carbocycles. The largest absolute Gasteiger partial charge is 0.490 e. The van der Waals surface area contributed by atoms with E-state index in [1.54, 1.807) is 0 Å². The molecular weight excluding hydrogens is 326 g/mol. The molecule has 0 heterocycles. The Hall–Kier alpha value is -1.55. The number of hydrogen-bond donors (Lipinski definition) is 1. The third-order valence-corrected chi connectivity index (χ3v) is 5.40. The molecule has 3 atom stereocenters. The molecule has 0 radical (unpaired) electrons. The molecule has 0 aliphatic heterocycles. The van der Waals surface area contributed by atoms with Crippen LogP contribution in [0.3, 0.4) is 0 Å². The number of rotatable bonds is 7. The Morgan fingerprint density at radius 2 is 1.96 bits per heavy atom. The zero-order valence-corrected chi connectivity index (χ0v) is 17.3. The highest BCUT2D eigenvalue weighted by molar-refractivity contribution is 5.97. The van der Waals surface area contributed by atoms with Crippen molar-refractivity contribution in [3.05, 3.63) is 23.3 Å². The molecule has 1 amide bonds. The second-order valence-electron chi connectivity index (χ2n) is 7.86. The average Bonchev–Trinajstić information content (AvgIpc) is 2.58. The molecule has 1 aromatic carbocycles. The van der Waals surface area contributed by atoms with Gasteiger partial charge in [-0.25, -0.2) is 0 Å². The summed E-state index contributed by atoms with van der Waals surface area (Å²) < 4.78 is 12.0. The van der Waals surface area contributed by atoms with E-state index in [1.807, 2.05) is 32.9 Å². The summed E-state index contributed by atoms with van der Waals surface area (Å²) in [4.78, 5) is 13.1. The van der Waals surface area contributed by atoms with Crippen LogP contribution in [0.15, 0.2) is 12.1 Å². The highest BCUT2D eigenvalue weighted by Crippen LogP contribution is 2.37. The molecule has 146 valence electrons. The van der Waals surface area contributed by atoms with Gasteiger partial charge in [0.15, 0.2) is 0 Å². The number of nitrogens with one attached hydrogen (secondary N) is 1. The first-order chi connectivity index (χ1) is 12.3. The fourth-order valence-electron chi connectivity index (χ4n) is 3.92. The molecule has 0 bridgehead atoms. The molecule has 4 heteroatoms. The van der Waals surface area contributed by atoms with Crippen molar-refractivity contribution in [1.29, 1.82) is 0 Å². The fraction of sp³-hybridized carbons (Fsp3) is 0.682. The van der Waals surface area contributed by atoms with E-state index < -0.39 is 5.60 Å². The van der Waals surface area contributed by atoms with E-state index >= 15 is 0 Å². The van der Waals surface area contributed by atoms with E-state index in [9.17, 15) is 4.79 Å². The Morgan fingerprint density at radius 3 is 2.50 bits per heavy atom. The van der Waals surface area contributed by atoms with E-state index in [0.29, 0.717) is 12.5 Å². The minimum atomic E-state index is -0.694. The first-order valence-electron chi connectivity index (χ1n) is 10.0. The normalized spacial score (nSPS) is 24.2. The van der Waals surface area contributed by atoms with Crippen LogP contribution < -0.4 is 10.1 Å². The summed E-state index contributed by atoms with van der Waals surface area (Å²) >= 11 is 0. The molecule has 1 aliphatic rings. The van der Waals surface area contributed by atoms with E-state index in [1.165, 1.54) is 6.42 Å². The fourth-order valence-corrected chi connectivity index (χ4v) is 3.92. The number of carbonyl (C=O) groups is 1. The van der Waals surface area contributed by atoms with Gasteiger partial charge < -0.3 is 14.8 Å². The summed E-state index contributed by atoms with van der Waals surface area (Å²) in [6.45, 7) is 13.0. The van der Waals surface area contributed by atoms with E-state index in [-0.39, 0.29) is 12.0 Å². The van der Waals surface area contributed by atoms with Crippen LogP contribution in [0.2, 0.25) is 0 Å². The van der Waals surface area contributed by atoms with Crippen LogP contribution in [-0.2, 0) is 9.53 Å². The summed E-state index contributed by atoms with van der Waals surface area (Å²) in [5, 5.41) is 3.11. The number of carbonyl (C=O) groups excluding carboxylic acids is 1. The first kappa shape index (κ1) is 20.8. The third-order valence-electron chi connectivity index (χ3n) is 5.40. The molecule has 1 aromatic rings. The highest BCUT2D eigenvalue weighted by atomic mass is 16.5. The van der Waals surface area contributed by atoms with E-state index in [2.05, 4.69) is 26.1 Å². The Kier molecular flexibility index (Phi) is 7.10. The van der Waals surface area contributed by atoms with Gasteiger partial charge in [0.1, 0.15) is 11.4 Å². The minimum absolute atomic E-state index is 0.0136. The van der Waals surface area contributed by atoms with Crippen molar-refractivity contribution in [1.82, 2.24) is 0 Å². The van der Waals surface area contributed by atoms with Gasteiger partial charge in [-0.1, -0.05) is 20.3 Å². The van der Waals surface area contributed by atoms with Crippen LogP contribution in [-0.4, -0.2) is 24.2 Å². The monoisotopic (exact) mass is 361 g/mol. The lowest BCUT2D eigenvalue weighted by atomic mass is 9.78. The smallest absolute Gasteiger partial charge is 0.256 e. The van der Waals surface area contributed by atoms with Crippen LogP contribution in [0.4, 0.5) is 5.69 Å². The summed E-state index contributed by atoms with van der Waals surface area (Å²) in [6, 6.07) is 3.99. The van der Waals surface area contributed by atoms with Crippen molar-refractivity contribution in [2.24, 2.45) is 5.92 Å². The maximum atomic E-state index is 13.1. The zero-order valence-electron chi connectivity index (χ0n) is 17.3. The maximum Gasteiger partial charge on any atom is 0.256 e. The number of aryl methyl sites for hydroxylation is 2. The zero-order chi connectivity index (χ0) is 19.3. The number of hydrogen-bond acceptors (Lipinski definition) is 3. The molecule has 2 rings (SSSR count). The molecule has 4 nitrogen and oxygen atoms in total. The van der Waals surface area contributed by atoms with Crippen molar-refractivity contribution < 1.29 is 14.3 Å². The van der Waals surface area contributed by atoms with Gasteiger partial charge in [0.25, 0.3) is 5.91 Å². The molecule has 0 unspecified atom stereocenters. The van der Waals surface area contributed by atoms with Crippen LogP contribution in [0, 0.1) is 19.8 Å². The second-order valence-corrected chi connectivity index (χ2v) is 7.86. The first-order valence-corrected chi connectivity index (χ1v) is 10.0. The molecule has 0 saturated heterocycles. The van der Waals surface area contributed by atoms with Crippen molar-refractivity contribution in [2.45, 2.75) is 85.4 Å². The van der Waals surface area contributed by atoms with Gasteiger partial charge in [-0.3, -0.25) is 4.79 Å². The molecule has 26 heavy (non-hydrogen) atoms. The summed E-state index contributed by atoms with van der Waals surface area (Å²) in [7, 11) is 0. The second kappa shape index (κ2) is 8.90. The molecule has 1 N–H and O–H groups in total. The standard InChI is InChI=1S/C22H35NO3/c1-7-18(6)26-20-16(4)12-19(13-17(20)5)23-21(24)22(25-8-2)11-9-10-15(3)14-22/h12-13,15,18H,7-11,14H2,1-6H3,(H,23,24)/t15-,18-,22+/m1/s1. The van der Waals surface area contributed by atoms with Crippen molar-refractivity contribution >= 4 is 11.6 Å². The van der Waals surface area contributed by atoms with Gasteiger partial charge in [0.05, 0.1) is 6.10 Å². The Bertz CT molecular complexity index is 601. The van der Waals surface area contributed by atoms with Crippen molar-refractivity contribution in [2.75, 3.05) is 11.9 Å². The third kappa shape index (κ3) is 4.79. The molecule has 1 fully saturated rings. The van der Waals surface area contributed by atoms with Gasteiger partial charge in [-0.2, -0.15) is 0 Å². The predicted molar refractivity (Wildman–Crippen MR) is 107 cm³/mol. The Morgan fingerprint density at radius 1 is 1.31 bits per heavy atom. The van der Waals surface area contributed by atoms with E-state index in [0.717, 1.165) is 48.2 Å². The van der Waals surface area contributed by atoms with Crippen LogP contribution in [0.5, 0.6) is 5.75 Å². The van der Waals surface area contributed by atoms with Gasteiger partial charge >= 0.3 is 0 Å². The summed E-state index contributed by atoms with van der Waals surface area (Å²) in [5.41, 5.74) is 2.21. The summed E-state index contributed by atoms with van der Waals surface area (Å²) in [6.07, 6.45) is 4.94. The molecule has 1 aliphatic carbocycles. The topological polar surface area (TPSA) is 47.6 Å². The number of ether oxygens (including phenoxy) is 2. The maximum absolute atomic E-state index is 13.1. The van der Waals surface area contributed by atoms with Gasteiger partial charge in [0, 0.05) is 12.3 Å². The van der Waals surface area contributed by atoms with E-state index in [4.69, 9.17) is 9.47 Å². The van der Waals surface area contributed by atoms with Gasteiger partial charge in [-0.05, 0) is 82.6 Å². The highest BCUT2D eigenvalue weighted by Gasteiger charge is 2.42. The summed E-state index contributed by atoms with van der Waals surface area (Å²) in [5.74, 6) is 1.42. The van der Waals surface area contributed by atoms with Crippen LogP contribution in [0.1, 0.15) is 70.9 Å². The minimum Gasteiger partial charge on any atom is -0.490 e. The van der Waals surface area contributed by atoms with Gasteiger partial charge in [-0.15, -0.1) is 0 Å². The molecule has 0 aromatic heterocycles. The number of amides is 1. The SMILES string of the molecule is CCO[C@@]1(C(=O)Nc2cc(C)c(O[C@H](C)CC)c(C)c2)CCC[C@@H](C)C1. The average molecular weight is 362 g/mol. The van der Waals surface area contributed by atoms with Crippen LogP contribution >= 0.6 is 0 Å². The lowest BCUT2D eigenvalue weighted by Gasteiger charge is -2.38. The number of benzene rings is 1. The van der Waals surface area contributed by atoms with Crippen LogP contribution in [0.25, 0.3) is 0 Å². The Labute approximate surface area is 158 Å². The number of anilines is 1. The van der Waals surface area contributed by atoms with Crippen molar-refractivity contribution in [3.8, 4) is 5.75 Å². The predicted octanol–water partition coefficient (Wildman–Crippen LogP) is 5.40. The quantitative estimate of drug-likeness (QED) is 0.707. The van der Waals surface area contributed by atoms with Crippen molar-refractivity contribution in [3.63, 3.8) is 0 Å². The lowest BCUT2D eigenvalue weighted by molar-refractivity contribution is -0.147.